The number of ether oxygens (including phenoxy) is 1. The van der Waals surface area contributed by atoms with Gasteiger partial charge in [0.15, 0.2) is 0 Å². The first-order valence-electron chi connectivity index (χ1n) is 6.54. The summed E-state index contributed by atoms with van der Waals surface area (Å²) in [5.74, 6) is 0.924. The van der Waals surface area contributed by atoms with Crippen LogP contribution in [0.25, 0.3) is 10.9 Å². The maximum Gasteiger partial charge on any atom is 0.147 e. The molecule has 0 N–H and O–H groups in total. The number of pyridine rings is 1. The highest BCUT2D eigenvalue weighted by atomic mass is 32.2. The van der Waals surface area contributed by atoms with Crippen molar-refractivity contribution in [2.24, 2.45) is 0 Å². The Kier molecular flexibility index (Phi) is 4.28. The van der Waals surface area contributed by atoms with E-state index in [1.54, 1.807) is 0 Å². The van der Waals surface area contributed by atoms with Crippen molar-refractivity contribution in [3.05, 3.63) is 35.5 Å². The molecule has 0 saturated carbocycles. The molecule has 20 heavy (non-hydrogen) atoms. The third kappa shape index (κ3) is 3.70. The van der Waals surface area contributed by atoms with E-state index < -0.39 is 9.84 Å². The van der Waals surface area contributed by atoms with E-state index in [9.17, 15) is 8.42 Å². The monoisotopic (exact) mass is 293 g/mol. The molecule has 0 amide bonds. The van der Waals surface area contributed by atoms with Crippen molar-refractivity contribution in [2.45, 2.75) is 20.3 Å². The molecule has 0 aliphatic rings. The number of rotatable bonds is 5. The van der Waals surface area contributed by atoms with Crippen LogP contribution in [0.2, 0.25) is 0 Å². The second kappa shape index (κ2) is 5.79. The number of hydrogen-bond acceptors (Lipinski definition) is 4. The third-order valence-corrected chi connectivity index (χ3v) is 4.08. The molecule has 2 rings (SSSR count). The van der Waals surface area contributed by atoms with E-state index in [1.807, 2.05) is 38.1 Å². The average Bonchev–Trinajstić information content (AvgIpc) is 2.33. The molecule has 0 unspecified atom stereocenters. The topological polar surface area (TPSA) is 56.3 Å². The molecule has 108 valence electrons. The Morgan fingerprint density at radius 2 is 2.00 bits per heavy atom. The highest BCUT2D eigenvalue weighted by molar-refractivity contribution is 7.90. The maximum atomic E-state index is 11.1. The fourth-order valence-corrected chi connectivity index (χ4v) is 2.81. The Labute approximate surface area is 119 Å². The summed E-state index contributed by atoms with van der Waals surface area (Å²) in [7, 11) is -2.93. The highest BCUT2D eigenvalue weighted by Crippen LogP contribution is 2.28. The number of nitrogens with zero attached hydrogens (tertiary/aromatic N) is 1. The molecular weight excluding hydrogens is 274 g/mol. The van der Waals surface area contributed by atoms with Gasteiger partial charge in [-0.3, -0.25) is 4.98 Å². The smallest absolute Gasteiger partial charge is 0.147 e. The first-order valence-corrected chi connectivity index (χ1v) is 8.60. The minimum atomic E-state index is -2.93. The Morgan fingerprint density at radius 1 is 1.25 bits per heavy atom. The van der Waals surface area contributed by atoms with Crippen LogP contribution in [0.5, 0.6) is 5.75 Å². The molecule has 0 saturated heterocycles. The van der Waals surface area contributed by atoms with E-state index in [1.165, 1.54) is 6.26 Å². The highest BCUT2D eigenvalue weighted by Gasteiger charge is 2.08. The van der Waals surface area contributed by atoms with Gasteiger partial charge in [-0.25, -0.2) is 8.42 Å². The van der Waals surface area contributed by atoms with E-state index in [2.05, 4.69) is 4.98 Å². The third-order valence-electron chi connectivity index (χ3n) is 3.05. The standard InChI is InChI=1S/C15H19NO3S/c1-11-6-4-7-13-15(11)14(10-12(2)16-13)19-8-5-9-20(3,17)18/h4,6-7,10H,5,8-9H2,1-3H3. The van der Waals surface area contributed by atoms with Crippen LogP contribution in [0.3, 0.4) is 0 Å². The van der Waals surface area contributed by atoms with E-state index in [0.717, 1.165) is 27.9 Å². The van der Waals surface area contributed by atoms with E-state index in [-0.39, 0.29) is 5.75 Å². The normalized spacial score (nSPS) is 11.8. The van der Waals surface area contributed by atoms with E-state index >= 15 is 0 Å². The number of fused-ring (bicyclic) bond motifs is 1. The predicted octanol–water partition coefficient (Wildman–Crippen LogP) is 2.67. The van der Waals surface area contributed by atoms with Gasteiger partial charge in [0, 0.05) is 23.4 Å². The molecule has 0 atom stereocenters. The molecule has 1 aromatic carbocycles. The summed E-state index contributed by atoms with van der Waals surface area (Å²) in [6, 6.07) is 7.84. The summed E-state index contributed by atoms with van der Waals surface area (Å²) in [6.07, 6.45) is 1.73. The van der Waals surface area contributed by atoms with Crippen molar-refractivity contribution in [1.29, 1.82) is 0 Å². The van der Waals surface area contributed by atoms with Crippen LogP contribution in [0.1, 0.15) is 17.7 Å². The van der Waals surface area contributed by atoms with Crippen LogP contribution < -0.4 is 4.74 Å². The van der Waals surface area contributed by atoms with Gasteiger partial charge in [0.05, 0.1) is 17.9 Å². The maximum absolute atomic E-state index is 11.1. The van der Waals surface area contributed by atoms with Crippen molar-refractivity contribution < 1.29 is 13.2 Å². The zero-order valence-electron chi connectivity index (χ0n) is 12.0. The second-order valence-corrected chi connectivity index (χ2v) is 7.32. The zero-order valence-corrected chi connectivity index (χ0v) is 12.8. The SMILES string of the molecule is Cc1cc(OCCCS(C)(=O)=O)c2c(C)cccc2n1. The largest absolute Gasteiger partial charge is 0.493 e. The summed E-state index contributed by atoms with van der Waals surface area (Å²) in [4.78, 5) is 4.49. The number of aromatic nitrogens is 1. The van der Waals surface area contributed by atoms with Crippen LogP contribution in [-0.4, -0.2) is 32.0 Å². The lowest BCUT2D eigenvalue weighted by molar-refractivity contribution is 0.321. The number of benzene rings is 1. The first kappa shape index (κ1) is 14.8. The van der Waals surface area contributed by atoms with Gasteiger partial charge in [-0.05, 0) is 31.9 Å². The Hall–Kier alpha value is -1.62. The molecule has 4 nitrogen and oxygen atoms in total. The molecule has 0 aliphatic carbocycles. The molecule has 0 radical (unpaired) electrons. The number of sulfone groups is 1. The molecule has 5 heteroatoms. The molecule has 2 aromatic rings. The summed E-state index contributed by atoms with van der Waals surface area (Å²) in [6.45, 7) is 4.33. The van der Waals surface area contributed by atoms with Gasteiger partial charge in [-0.1, -0.05) is 12.1 Å². The van der Waals surface area contributed by atoms with E-state index in [4.69, 9.17) is 4.74 Å². The molecular formula is C15H19NO3S. The van der Waals surface area contributed by atoms with Gasteiger partial charge in [0.1, 0.15) is 15.6 Å². The van der Waals surface area contributed by atoms with Crippen molar-refractivity contribution >= 4 is 20.7 Å². The zero-order chi connectivity index (χ0) is 14.8. The van der Waals surface area contributed by atoms with Crippen molar-refractivity contribution in [3.63, 3.8) is 0 Å². The van der Waals surface area contributed by atoms with Crippen LogP contribution >= 0.6 is 0 Å². The summed E-state index contributed by atoms with van der Waals surface area (Å²) < 4.78 is 28.0. The van der Waals surface area contributed by atoms with Gasteiger partial charge in [0.2, 0.25) is 0 Å². The minimum Gasteiger partial charge on any atom is -0.493 e. The molecule has 1 aromatic heterocycles. The molecule has 0 fully saturated rings. The van der Waals surface area contributed by atoms with Gasteiger partial charge in [0.25, 0.3) is 0 Å². The predicted molar refractivity (Wildman–Crippen MR) is 81.0 cm³/mol. The van der Waals surface area contributed by atoms with Crippen molar-refractivity contribution in [3.8, 4) is 5.75 Å². The molecule has 0 spiro atoms. The number of aryl methyl sites for hydroxylation is 2. The Bertz CT molecular complexity index is 723. The van der Waals surface area contributed by atoms with Crippen molar-refractivity contribution in [2.75, 3.05) is 18.6 Å². The van der Waals surface area contributed by atoms with E-state index in [0.29, 0.717) is 13.0 Å². The lowest BCUT2D eigenvalue weighted by atomic mass is 10.1. The minimum absolute atomic E-state index is 0.147. The van der Waals surface area contributed by atoms with Gasteiger partial charge in [-0.15, -0.1) is 0 Å². The van der Waals surface area contributed by atoms with Crippen molar-refractivity contribution in [1.82, 2.24) is 4.98 Å². The molecule has 1 heterocycles. The molecule has 0 bridgehead atoms. The fourth-order valence-electron chi connectivity index (χ4n) is 2.17. The average molecular weight is 293 g/mol. The van der Waals surface area contributed by atoms with Gasteiger partial charge < -0.3 is 4.74 Å². The second-order valence-electron chi connectivity index (χ2n) is 5.06. The summed E-state index contributed by atoms with van der Waals surface area (Å²) in [5, 5.41) is 0.998. The van der Waals surface area contributed by atoms with Crippen LogP contribution in [0.15, 0.2) is 24.3 Å². The van der Waals surface area contributed by atoms with Crippen LogP contribution in [0, 0.1) is 13.8 Å². The quantitative estimate of drug-likeness (QED) is 0.795. The lowest BCUT2D eigenvalue weighted by Crippen LogP contribution is -2.08. The Balaban J connectivity index is 2.21. The van der Waals surface area contributed by atoms with Crippen LogP contribution in [0.4, 0.5) is 0 Å². The van der Waals surface area contributed by atoms with Crippen LogP contribution in [-0.2, 0) is 9.84 Å². The lowest BCUT2D eigenvalue weighted by Gasteiger charge is -2.11. The Morgan fingerprint density at radius 3 is 2.70 bits per heavy atom. The fraction of sp³-hybridized carbons (Fsp3) is 0.400. The summed E-state index contributed by atoms with van der Waals surface area (Å²) in [5.41, 5.74) is 2.90. The molecule has 0 aliphatic heterocycles. The van der Waals surface area contributed by atoms with Gasteiger partial charge >= 0.3 is 0 Å². The summed E-state index contributed by atoms with van der Waals surface area (Å²) >= 11 is 0. The van der Waals surface area contributed by atoms with Gasteiger partial charge in [-0.2, -0.15) is 0 Å². The first-order chi connectivity index (χ1) is 9.37. The number of hydrogen-bond donors (Lipinski definition) is 0.